The van der Waals surface area contributed by atoms with Crippen LogP contribution in [0.2, 0.25) is 0 Å². The molecule has 0 spiro atoms. The molecule has 1 rings (SSSR count). The van der Waals surface area contributed by atoms with Crippen molar-refractivity contribution in [1.82, 2.24) is 9.80 Å². The van der Waals surface area contributed by atoms with Gasteiger partial charge in [-0.15, -0.1) is 0 Å². The fourth-order valence-corrected chi connectivity index (χ4v) is 2.34. The Hall–Kier alpha value is 0.270. The maximum atomic E-state index is 4.39. The lowest BCUT2D eigenvalue weighted by molar-refractivity contribution is 0.124. The number of hydrogen-bond acceptors (Lipinski definition) is 3. The topological polar surface area (TPSA) is 6.48 Å². The molecule has 0 aromatic carbocycles. The summed E-state index contributed by atoms with van der Waals surface area (Å²) in [6.45, 7) is 12.0. The predicted molar refractivity (Wildman–Crippen MR) is 66.2 cm³/mol. The Bertz CT molecular complexity index is 140. The SMILES string of the molecule is CCC(CS)CN1CCN(CC)CC1. The van der Waals surface area contributed by atoms with Crippen LogP contribution in [0.25, 0.3) is 0 Å². The first-order valence-corrected chi connectivity index (χ1v) is 6.49. The molecule has 0 aliphatic carbocycles. The van der Waals surface area contributed by atoms with Crippen LogP contribution in [0.15, 0.2) is 0 Å². The van der Waals surface area contributed by atoms with Crippen molar-refractivity contribution < 1.29 is 0 Å². The Balaban J connectivity index is 2.21. The van der Waals surface area contributed by atoms with Crippen LogP contribution in [0, 0.1) is 5.92 Å². The van der Waals surface area contributed by atoms with Crippen LogP contribution in [0.3, 0.4) is 0 Å². The van der Waals surface area contributed by atoms with Gasteiger partial charge in [-0.25, -0.2) is 0 Å². The highest BCUT2D eigenvalue weighted by Gasteiger charge is 2.17. The van der Waals surface area contributed by atoms with Crippen LogP contribution in [0.1, 0.15) is 20.3 Å². The number of hydrogen-bond donors (Lipinski definition) is 1. The number of thiol groups is 1. The first kappa shape index (κ1) is 12.3. The number of rotatable bonds is 5. The zero-order chi connectivity index (χ0) is 10.4. The Labute approximate surface area is 94.1 Å². The van der Waals surface area contributed by atoms with Gasteiger partial charge in [0.15, 0.2) is 0 Å². The van der Waals surface area contributed by atoms with Crippen molar-refractivity contribution in [1.29, 1.82) is 0 Å². The van der Waals surface area contributed by atoms with Crippen LogP contribution in [-0.4, -0.2) is 54.8 Å². The van der Waals surface area contributed by atoms with Gasteiger partial charge in [-0.1, -0.05) is 20.3 Å². The zero-order valence-corrected chi connectivity index (χ0v) is 10.5. The summed E-state index contributed by atoms with van der Waals surface area (Å²) in [4.78, 5) is 5.12. The molecule has 0 aromatic heterocycles. The average Bonchev–Trinajstić information content (AvgIpc) is 2.26. The fraction of sp³-hybridized carbons (Fsp3) is 1.00. The zero-order valence-electron chi connectivity index (χ0n) is 9.58. The first-order chi connectivity index (χ1) is 6.80. The first-order valence-electron chi connectivity index (χ1n) is 5.85. The van der Waals surface area contributed by atoms with E-state index in [1.807, 2.05) is 0 Å². The third kappa shape index (κ3) is 3.79. The highest BCUT2D eigenvalue weighted by molar-refractivity contribution is 7.80. The van der Waals surface area contributed by atoms with Gasteiger partial charge < -0.3 is 9.80 Å². The van der Waals surface area contributed by atoms with E-state index in [1.165, 1.54) is 45.7 Å². The molecule has 1 aliphatic rings. The van der Waals surface area contributed by atoms with Crippen molar-refractivity contribution in [3.8, 4) is 0 Å². The summed E-state index contributed by atoms with van der Waals surface area (Å²) >= 11 is 4.39. The predicted octanol–water partition coefficient (Wildman–Crippen LogP) is 1.58. The minimum Gasteiger partial charge on any atom is -0.301 e. The molecule has 0 saturated carbocycles. The van der Waals surface area contributed by atoms with E-state index in [0.717, 1.165) is 11.7 Å². The van der Waals surface area contributed by atoms with Gasteiger partial charge in [-0.05, 0) is 18.2 Å². The molecular weight excluding hydrogens is 192 g/mol. The van der Waals surface area contributed by atoms with Gasteiger partial charge in [0.2, 0.25) is 0 Å². The molecule has 1 aliphatic heterocycles. The smallest absolute Gasteiger partial charge is 0.0110 e. The van der Waals surface area contributed by atoms with Gasteiger partial charge in [0.05, 0.1) is 0 Å². The van der Waals surface area contributed by atoms with E-state index in [-0.39, 0.29) is 0 Å². The van der Waals surface area contributed by atoms with Crippen molar-refractivity contribution in [2.24, 2.45) is 5.92 Å². The number of piperazine rings is 1. The van der Waals surface area contributed by atoms with E-state index in [4.69, 9.17) is 0 Å². The molecule has 14 heavy (non-hydrogen) atoms. The summed E-state index contributed by atoms with van der Waals surface area (Å²) in [7, 11) is 0. The van der Waals surface area contributed by atoms with Crippen LogP contribution < -0.4 is 0 Å². The quantitative estimate of drug-likeness (QED) is 0.697. The maximum Gasteiger partial charge on any atom is 0.0110 e. The van der Waals surface area contributed by atoms with Gasteiger partial charge in [0.25, 0.3) is 0 Å². The Morgan fingerprint density at radius 3 is 2.07 bits per heavy atom. The third-order valence-electron chi connectivity index (χ3n) is 3.26. The van der Waals surface area contributed by atoms with Gasteiger partial charge in [0.1, 0.15) is 0 Å². The molecule has 1 saturated heterocycles. The second-order valence-corrected chi connectivity index (χ2v) is 4.56. The highest BCUT2D eigenvalue weighted by Crippen LogP contribution is 2.09. The van der Waals surface area contributed by atoms with E-state index in [9.17, 15) is 0 Å². The molecule has 1 unspecified atom stereocenters. The van der Waals surface area contributed by atoms with Gasteiger partial charge in [0, 0.05) is 32.7 Å². The maximum absolute atomic E-state index is 4.39. The molecule has 0 amide bonds. The van der Waals surface area contributed by atoms with Crippen molar-refractivity contribution in [2.45, 2.75) is 20.3 Å². The van der Waals surface area contributed by atoms with Crippen molar-refractivity contribution in [3.05, 3.63) is 0 Å². The Kier molecular flexibility index (Phi) is 5.90. The second kappa shape index (κ2) is 6.70. The Morgan fingerprint density at radius 1 is 1.07 bits per heavy atom. The molecule has 3 heteroatoms. The molecule has 1 atom stereocenters. The fourth-order valence-electron chi connectivity index (χ4n) is 1.97. The molecule has 0 aromatic rings. The third-order valence-corrected chi connectivity index (χ3v) is 3.78. The summed E-state index contributed by atoms with van der Waals surface area (Å²) in [5.74, 6) is 1.82. The molecule has 1 fully saturated rings. The molecule has 84 valence electrons. The van der Waals surface area contributed by atoms with E-state index in [0.29, 0.717) is 0 Å². The van der Waals surface area contributed by atoms with Gasteiger partial charge >= 0.3 is 0 Å². The molecule has 0 radical (unpaired) electrons. The molecular formula is C11H24N2S. The van der Waals surface area contributed by atoms with Crippen LogP contribution >= 0.6 is 12.6 Å². The normalized spacial score (nSPS) is 22.5. The number of likely N-dealkylation sites (N-methyl/N-ethyl adjacent to an activating group) is 1. The minimum absolute atomic E-state index is 0.784. The molecule has 0 bridgehead atoms. The van der Waals surface area contributed by atoms with E-state index < -0.39 is 0 Å². The lowest BCUT2D eigenvalue weighted by Crippen LogP contribution is -2.47. The van der Waals surface area contributed by atoms with Crippen LogP contribution in [-0.2, 0) is 0 Å². The number of nitrogens with zero attached hydrogens (tertiary/aromatic N) is 2. The summed E-state index contributed by atoms with van der Waals surface area (Å²) < 4.78 is 0. The van der Waals surface area contributed by atoms with Gasteiger partial charge in [-0.3, -0.25) is 0 Å². The average molecular weight is 216 g/mol. The minimum atomic E-state index is 0.784. The summed E-state index contributed by atoms with van der Waals surface area (Å²) in [5, 5.41) is 0. The monoisotopic (exact) mass is 216 g/mol. The van der Waals surface area contributed by atoms with Crippen molar-refractivity contribution in [2.75, 3.05) is 45.0 Å². The lowest BCUT2D eigenvalue weighted by atomic mass is 10.1. The summed E-state index contributed by atoms with van der Waals surface area (Å²) in [5.41, 5.74) is 0. The van der Waals surface area contributed by atoms with E-state index in [1.54, 1.807) is 0 Å². The van der Waals surface area contributed by atoms with Gasteiger partial charge in [-0.2, -0.15) is 12.6 Å². The standard InChI is InChI=1S/C11H24N2S/c1-3-11(10-14)9-13-7-5-12(4-2)6-8-13/h11,14H,3-10H2,1-2H3. The molecule has 0 N–H and O–H groups in total. The summed E-state index contributed by atoms with van der Waals surface area (Å²) in [6.07, 6.45) is 1.26. The summed E-state index contributed by atoms with van der Waals surface area (Å²) in [6, 6.07) is 0. The van der Waals surface area contributed by atoms with Crippen molar-refractivity contribution in [3.63, 3.8) is 0 Å². The van der Waals surface area contributed by atoms with Crippen LogP contribution in [0.5, 0.6) is 0 Å². The largest absolute Gasteiger partial charge is 0.301 e. The Morgan fingerprint density at radius 2 is 1.64 bits per heavy atom. The van der Waals surface area contributed by atoms with E-state index >= 15 is 0 Å². The van der Waals surface area contributed by atoms with Crippen LogP contribution in [0.4, 0.5) is 0 Å². The molecule has 1 heterocycles. The van der Waals surface area contributed by atoms with E-state index in [2.05, 4.69) is 36.3 Å². The second-order valence-electron chi connectivity index (χ2n) is 4.19. The van der Waals surface area contributed by atoms with Crippen molar-refractivity contribution >= 4 is 12.6 Å². The highest BCUT2D eigenvalue weighted by atomic mass is 32.1. The molecule has 2 nitrogen and oxygen atoms in total. The lowest BCUT2D eigenvalue weighted by Gasteiger charge is -2.35.